The van der Waals surface area contributed by atoms with Gasteiger partial charge in [-0.15, -0.1) is 0 Å². The van der Waals surface area contributed by atoms with Gasteiger partial charge in [0, 0.05) is 4.83 Å². The van der Waals surface area contributed by atoms with Crippen LogP contribution in [-0.4, -0.2) is 4.83 Å². The number of rotatable bonds is 4. The molecule has 14 heavy (non-hydrogen) atoms. The molecule has 1 unspecified atom stereocenters. The average Bonchev–Trinajstić information content (AvgIpc) is 2.19. The Morgan fingerprint density at radius 2 is 2.00 bits per heavy atom. The molecule has 0 aromatic heterocycles. The number of halogens is 3. The third-order valence-corrected chi connectivity index (χ3v) is 3.28. The minimum absolute atomic E-state index is 0.454. The third kappa shape index (κ3) is 3.37. The van der Waals surface area contributed by atoms with Gasteiger partial charge < -0.3 is 0 Å². The van der Waals surface area contributed by atoms with Crippen molar-refractivity contribution in [2.75, 3.05) is 0 Å². The van der Waals surface area contributed by atoms with Crippen LogP contribution in [0.25, 0.3) is 0 Å². The molecule has 1 aromatic carbocycles. The Morgan fingerprint density at radius 3 is 2.57 bits per heavy atom. The number of hydrogen-bond donors (Lipinski definition) is 0. The number of hydrogen-bond acceptors (Lipinski definition) is 0. The van der Waals surface area contributed by atoms with Gasteiger partial charge >= 0.3 is 0 Å². The van der Waals surface area contributed by atoms with Crippen molar-refractivity contribution in [1.29, 1.82) is 0 Å². The van der Waals surface area contributed by atoms with Crippen molar-refractivity contribution in [3.63, 3.8) is 0 Å². The summed E-state index contributed by atoms with van der Waals surface area (Å²) in [5.74, 6) is -1.54. The summed E-state index contributed by atoms with van der Waals surface area (Å²) >= 11 is 3.50. The van der Waals surface area contributed by atoms with E-state index in [9.17, 15) is 8.78 Å². The maximum absolute atomic E-state index is 12.8. The zero-order chi connectivity index (χ0) is 10.6. The maximum Gasteiger partial charge on any atom is 0.159 e. The van der Waals surface area contributed by atoms with Gasteiger partial charge in [0.2, 0.25) is 0 Å². The Balaban J connectivity index is 2.55. The molecule has 0 heterocycles. The highest BCUT2D eigenvalue weighted by Crippen LogP contribution is 2.15. The quantitative estimate of drug-likeness (QED) is 0.718. The number of benzene rings is 1. The van der Waals surface area contributed by atoms with Gasteiger partial charge in [0.1, 0.15) is 0 Å². The molecule has 0 spiro atoms. The molecule has 0 aliphatic carbocycles. The van der Waals surface area contributed by atoms with Crippen LogP contribution in [0.1, 0.15) is 25.3 Å². The van der Waals surface area contributed by atoms with Crippen LogP contribution in [-0.2, 0) is 6.42 Å². The Labute approximate surface area is 91.5 Å². The first kappa shape index (κ1) is 11.6. The van der Waals surface area contributed by atoms with Crippen molar-refractivity contribution in [2.24, 2.45) is 0 Å². The standard InChI is InChI=1S/C11H13BrF2/c1-2-9(12)5-3-8-4-6-10(13)11(14)7-8/h4,6-7,9H,2-3,5H2,1H3. The molecule has 0 saturated carbocycles. The lowest BCUT2D eigenvalue weighted by molar-refractivity contribution is 0.506. The molecule has 0 N–H and O–H groups in total. The lowest BCUT2D eigenvalue weighted by atomic mass is 10.1. The van der Waals surface area contributed by atoms with E-state index in [1.165, 1.54) is 12.1 Å². The average molecular weight is 263 g/mol. The topological polar surface area (TPSA) is 0 Å². The third-order valence-electron chi connectivity index (χ3n) is 2.17. The van der Waals surface area contributed by atoms with Gasteiger partial charge in [0.25, 0.3) is 0 Å². The molecule has 1 rings (SSSR count). The first-order valence-electron chi connectivity index (χ1n) is 4.71. The molecule has 0 aliphatic heterocycles. The fourth-order valence-electron chi connectivity index (χ4n) is 1.22. The van der Waals surface area contributed by atoms with Gasteiger partial charge in [0.15, 0.2) is 11.6 Å². The van der Waals surface area contributed by atoms with Crippen LogP contribution in [0.2, 0.25) is 0 Å². The lowest BCUT2D eigenvalue weighted by Gasteiger charge is -2.06. The van der Waals surface area contributed by atoms with E-state index in [2.05, 4.69) is 22.9 Å². The predicted octanol–water partition coefficient (Wildman–Crippen LogP) is 4.07. The predicted molar refractivity (Wildman–Crippen MR) is 57.7 cm³/mol. The molecule has 0 amide bonds. The molecular formula is C11H13BrF2. The Hall–Kier alpha value is -0.440. The Bertz CT molecular complexity index is 299. The van der Waals surface area contributed by atoms with Crippen molar-refractivity contribution >= 4 is 15.9 Å². The smallest absolute Gasteiger partial charge is 0.159 e. The van der Waals surface area contributed by atoms with E-state index >= 15 is 0 Å². The van der Waals surface area contributed by atoms with Crippen LogP contribution in [0, 0.1) is 11.6 Å². The molecule has 0 saturated heterocycles. The second kappa shape index (κ2) is 5.44. The molecule has 0 aliphatic rings. The van der Waals surface area contributed by atoms with E-state index in [1.54, 1.807) is 6.07 Å². The molecule has 78 valence electrons. The molecular weight excluding hydrogens is 250 g/mol. The van der Waals surface area contributed by atoms with Crippen molar-refractivity contribution < 1.29 is 8.78 Å². The van der Waals surface area contributed by atoms with Crippen molar-refractivity contribution in [3.05, 3.63) is 35.4 Å². The van der Waals surface area contributed by atoms with Crippen LogP contribution >= 0.6 is 15.9 Å². The minimum Gasteiger partial charge on any atom is -0.204 e. The molecule has 0 fully saturated rings. The molecule has 0 nitrogen and oxygen atoms in total. The highest BCUT2D eigenvalue weighted by Gasteiger charge is 2.05. The lowest BCUT2D eigenvalue weighted by Crippen LogP contribution is -1.98. The van der Waals surface area contributed by atoms with Crippen molar-refractivity contribution in [3.8, 4) is 0 Å². The van der Waals surface area contributed by atoms with Gasteiger partial charge in [0.05, 0.1) is 0 Å². The van der Waals surface area contributed by atoms with Crippen molar-refractivity contribution in [1.82, 2.24) is 0 Å². The summed E-state index contributed by atoms with van der Waals surface area (Å²) in [5, 5.41) is 0. The van der Waals surface area contributed by atoms with E-state index in [1.807, 2.05) is 0 Å². The highest BCUT2D eigenvalue weighted by atomic mass is 79.9. The van der Waals surface area contributed by atoms with Gasteiger partial charge in [-0.3, -0.25) is 0 Å². The van der Waals surface area contributed by atoms with Gasteiger partial charge in [-0.25, -0.2) is 8.78 Å². The van der Waals surface area contributed by atoms with Crippen LogP contribution in [0.15, 0.2) is 18.2 Å². The zero-order valence-corrected chi connectivity index (χ0v) is 9.65. The summed E-state index contributed by atoms with van der Waals surface area (Å²) in [5.41, 5.74) is 0.849. The van der Waals surface area contributed by atoms with E-state index in [0.29, 0.717) is 4.83 Å². The molecule has 0 radical (unpaired) electrons. The summed E-state index contributed by atoms with van der Waals surface area (Å²) in [4.78, 5) is 0.454. The van der Waals surface area contributed by atoms with E-state index in [0.717, 1.165) is 24.8 Å². The van der Waals surface area contributed by atoms with Crippen LogP contribution in [0.3, 0.4) is 0 Å². The summed E-state index contributed by atoms with van der Waals surface area (Å²) < 4.78 is 25.4. The van der Waals surface area contributed by atoms with E-state index < -0.39 is 11.6 Å². The number of aryl methyl sites for hydroxylation is 1. The minimum atomic E-state index is -0.778. The second-order valence-corrected chi connectivity index (χ2v) is 4.59. The molecule has 1 atom stereocenters. The summed E-state index contributed by atoms with van der Waals surface area (Å²) in [7, 11) is 0. The Morgan fingerprint density at radius 1 is 1.29 bits per heavy atom. The SMILES string of the molecule is CCC(Br)CCc1ccc(F)c(F)c1. The summed E-state index contributed by atoms with van der Waals surface area (Å²) in [6.45, 7) is 2.09. The molecule has 1 aromatic rings. The van der Waals surface area contributed by atoms with E-state index in [-0.39, 0.29) is 0 Å². The van der Waals surface area contributed by atoms with Gasteiger partial charge in [-0.2, -0.15) is 0 Å². The summed E-state index contributed by atoms with van der Waals surface area (Å²) in [6.07, 6.45) is 2.77. The first-order chi connectivity index (χ1) is 6.63. The van der Waals surface area contributed by atoms with Crippen LogP contribution in [0.4, 0.5) is 8.78 Å². The molecule has 3 heteroatoms. The number of alkyl halides is 1. The van der Waals surface area contributed by atoms with E-state index in [4.69, 9.17) is 0 Å². The fraction of sp³-hybridized carbons (Fsp3) is 0.455. The van der Waals surface area contributed by atoms with Crippen LogP contribution in [0.5, 0.6) is 0 Å². The second-order valence-electron chi connectivity index (χ2n) is 3.29. The zero-order valence-electron chi connectivity index (χ0n) is 8.06. The monoisotopic (exact) mass is 262 g/mol. The first-order valence-corrected chi connectivity index (χ1v) is 5.63. The normalized spacial score (nSPS) is 12.9. The highest BCUT2D eigenvalue weighted by molar-refractivity contribution is 9.09. The van der Waals surface area contributed by atoms with Crippen LogP contribution < -0.4 is 0 Å². The largest absolute Gasteiger partial charge is 0.204 e. The molecule has 0 bridgehead atoms. The van der Waals surface area contributed by atoms with Gasteiger partial charge in [-0.1, -0.05) is 28.9 Å². The summed E-state index contributed by atoms with van der Waals surface area (Å²) in [6, 6.07) is 4.08. The Kier molecular flexibility index (Phi) is 4.52. The van der Waals surface area contributed by atoms with Crippen molar-refractivity contribution in [2.45, 2.75) is 31.0 Å². The fourth-order valence-corrected chi connectivity index (χ4v) is 1.45. The maximum atomic E-state index is 12.8. The van der Waals surface area contributed by atoms with Gasteiger partial charge in [-0.05, 0) is 37.0 Å².